The summed E-state index contributed by atoms with van der Waals surface area (Å²) in [4.78, 5) is 23.5. The number of nitrogens with two attached hydrogens (primary N) is 1. The molecular formula is C15H20N2O4. The molecule has 0 unspecified atom stereocenters. The van der Waals surface area contributed by atoms with Gasteiger partial charge in [-0.05, 0) is 30.5 Å². The van der Waals surface area contributed by atoms with Crippen molar-refractivity contribution in [3.63, 3.8) is 0 Å². The van der Waals surface area contributed by atoms with E-state index in [9.17, 15) is 9.59 Å². The predicted octanol–water partition coefficient (Wildman–Crippen LogP) is 0.387. The van der Waals surface area contributed by atoms with Crippen LogP contribution in [0.15, 0.2) is 24.3 Å². The van der Waals surface area contributed by atoms with Gasteiger partial charge in [-0.3, -0.25) is 9.59 Å². The Balaban J connectivity index is 1.97. The molecule has 21 heavy (non-hydrogen) atoms. The number of nitrogens with one attached hydrogen (secondary N) is 1. The van der Waals surface area contributed by atoms with E-state index in [2.05, 4.69) is 5.32 Å². The van der Waals surface area contributed by atoms with Crippen LogP contribution in [0.4, 0.5) is 0 Å². The molecule has 1 fully saturated rings. The van der Waals surface area contributed by atoms with Crippen LogP contribution in [0.3, 0.4) is 0 Å². The van der Waals surface area contributed by atoms with Gasteiger partial charge in [-0.1, -0.05) is 12.1 Å². The fourth-order valence-electron chi connectivity index (χ4n) is 2.27. The summed E-state index contributed by atoms with van der Waals surface area (Å²) in [6.07, 6.45) is 1.41. The molecule has 0 bridgehead atoms. The molecule has 0 aromatic heterocycles. The van der Waals surface area contributed by atoms with Crippen molar-refractivity contribution >= 4 is 11.8 Å². The third-order valence-corrected chi connectivity index (χ3v) is 3.48. The Morgan fingerprint density at radius 1 is 1.43 bits per heavy atom. The van der Waals surface area contributed by atoms with E-state index in [-0.39, 0.29) is 5.91 Å². The summed E-state index contributed by atoms with van der Waals surface area (Å²) < 4.78 is 10.4. The number of methoxy groups -OCH3 is 1. The molecule has 1 aliphatic heterocycles. The minimum atomic E-state index is -0.741. The molecule has 2 atom stereocenters. The molecule has 0 aliphatic carbocycles. The van der Waals surface area contributed by atoms with E-state index >= 15 is 0 Å². The molecule has 1 aliphatic rings. The maximum atomic E-state index is 12.0. The third-order valence-electron chi connectivity index (χ3n) is 3.48. The molecule has 1 aromatic carbocycles. The van der Waals surface area contributed by atoms with Gasteiger partial charge in [0.1, 0.15) is 17.9 Å². The lowest BCUT2D eigenvalue weighted by atomic mass is 10.0. The second-order valence-electron chi connectivity index (χ2n) is 5.02. The second kappa shape index (κ2) is 7.08. The average molecular weight is 292 g/mol. The Hall–Kier alpha value is -2.08. The number of carbonyl (C=O) groups excluding carboxylic acids is 2. The summed E-state index contributed by atoms with van der Waals surface area (Å²) in [7, 11) is 1.59. The maximum Gasteiger partial charge on any atom is 0.249 e. The largest absolute Gasteiger partial charge is 0.497 e. The summed E-state index contributed by atoms with van der Waals surface area (Å²) in [5.74, 6) is -0.0975. The highest BCUT2D eigenvalue weighted by molar-refractivity contribution is 5.88. The Morgan fingerprint density at radius 3 is 2.67 bits per heavy atom. The van der Waals surface area contributed by atoms with Gasteiger partial charge in [-0.25, -0.2) is 0 Å². The zero-order valence-corrected chi connectivity index (χ0v) is 12.0. The van der Waals surface area contributed by atoms with Crippen LogP contribution in [0.2, 0.25) is 0 Å². The van der Waals surface area contributed by atoms with E-state index in [1.807, 2.05) is 12.1 Å². The van der Waals surface area contributed by atoms with Crippen molar-refractivity contribution in [2.24, 2.45) is 5.73 Å². The molecule has 2 rings (SSSR count). The van der Waals surface area contributed by atoms with Crippen LogP contribution in [-0.4, -0.2) is 37.7 Å². The number of hydrogen-bond donors (Lipinski definition) is 2. The second-order valence-corrected chi connectivity index (χ2v) is 5.02. The van der Waals surface area contributed by atoms with Gasteiger partial charge in [-0.2, -0.15) is 0 Å². The minimum Gasteiger partial charge on any atom is -0.497 e. The molecule has 0 radical (unpaired) electrons. The van der Waals surface area contributed by atoms with Crippen molar-refractivity contribution in [3.8, 4) is 5.75 Å². The normalized spacial score (nSPS) is 19.0. The first-order valence-corrected chi connectivity index (χ1v) is 6.94. The molecule has 114 valence electrons. The van der Waals surface area contributed by atoms with E-state index < -0.39 is 18.1 Å². The van der Waals surface area contributed by atoms with Crippen molar-refractivity contribution in [1.29, 1.82) is 0 Å². The number of benzene rings is 1. The van der Waals surface area contributed by atoms with Gasteiger partial charge in [0.25, 0.3) is 0 Å². The first-order chi connectivity index (χ1) is 10.1. The molecule has 6 heteroatoms. The van der Waals surface area contributed by atoms with E-state index in [1.54, 1.807) is 19.2 Å². The maximum absolute atomic E-state index is 12.0. The van der Waals surface area contributed by atoms with Crippen LogP contribution < -0.4 is 15.8 Å². The van der Waals surface area contributed by atoms with Gasteiger partial charge >= 0.3 is 0 Å². The molecule has 1 saturated heterocycles. The Morgan fingerprint density at radius 2 is 2.14 bits per heavy atom. The number of carbonyl (C=O) groups is 2. The molecule has 3 N–H and O–H groups in total. The monoisotopic (exact) mass is 292 g/mol. The number of ether oxygens (including phenoxy) is 2. The van der Waals surface area contributed by atoms with E-state index in [0.29, 0.717) is 19.4 Å². The van der Waals surface area contributed by atoms with Crippen molar-refractivity contribution in [3.05, 3.63) is 29.8 Å². The summed E-state index contributed by atoms with van der Waals surface area (Å²) in [6, 6.07) is 6.54. The van der Waals surface area contributed by atoms with E-state index in [1.165, 1.54) is 0 Å². The van der Waals surface area contributed by atoms with Crippen LogP contribution in [0.1, 0.15) is 18.4 Å². The Bertz CT molecular complexity index is 495. The molecular weight excluding hydrogens is 272 g/mol. The SMILES string of the molecule is COc1ccc(C[C@@H](NC(=O)[C@H]2CCCO2)C(N)=O)cc1. The minimum absolute atomic E-state index is 0.273. The summed E-state index contributed by atoms with van der Waals surface area (Å²) in [5.41, 5.74) is 6.26. The van der Waals surface area contributed by atoms with Crippen molar-refractivity contribution < 1.29 is 19.1 Å². The van der Waals surface area contributed by atoms with Crippen LogP contribution >= 0.6 is 0 Å². The number of rotatable bonds is 6. The summed E-state index contributed by atoms with van der Waals surface area (Å²) >= 11 is 0. The van der Waals surface area contributed by atoms with E-state index in [4.69, 9.17) is 15.2 Å². The number of hydrogen-bond acceptors (Lipinski definition) is 4. The van der Waals surface area contributed by atoms with Gasteiger partial charge in [-0.15, -0.1) is 0 Å². The van der Waals surface area contributed by atoms with Crippen LogP contribution in [0.5, 0.6) is 5.75 Å². The lowest BCUT2D eigenvalue weighted by Crippen LogP contribution is -2.49. The Kier molecular flexibility index (Phi) is 5.16. The predicted molar refractivity (Wildman–Crippen MR) is 76.8 cm³/mol. The fourth-order valence-corrected chi connectivity index (χ4v) is 2.27. The van der Waals surface area contributed by atoms with Crippen molar-refractivity contribution in [1.82, 2.24) is 5.32 Å². The first-order valence-electron chi connectivity index (χ1n) is 6.94. The van der Waals surface area contributed by atoms with Gasteiger partial charge in [0.15, 0.2) is 0 Å². The highest BCUT2D eigenvalue weighted by Gasteiger charge is 2.27. The number of amides is 2. The zero-order valence-electron chi connectivity index (χ0n) is 12.0. The standard InChI is InChI=1S/C15H20N2O4/c1-20-11-6-4-10(5-7-11)9-12(14(16)18)17-15(19)13-3-2-8-21-13/h4-7,12-13H,2-3,8-9H2,1H3,(H2,16,18)(H,17,19)/t12-,13-/m1/s1. The lowest BCUT2D eigenvalue weighted by molar-refractivity contribution is -0.133. The highest BCUT2D eigenvalue weighted by Crippen LogP contribution is 2.14. The first kappa shape index (κ1) is 15.3. The van der Waals surface area contributed by atoms with Gasteiger partial charge in [0, 0.05) is 13.0 Å². The quantitative estimate of drug-likeness (QED) is 0.793. The molecule has 6 nitrogen and oxygen atoms in total. The van der Waals surface area contributed by atoms with Gasteiger partial charge < -0.3 is 20.5 Å². The lowest BCUT2D eigenvalue weighted by Gasteiger charge is -2.18. The van der Waals surface area contributed by atoms with Gasteiger partial charge in [0.05, 0.1) is 7.11 Å². The molecule has 1 heterocycles. The van der Waals surface area contributed by atoms with Crippen LogP contribution in [0, 0.1) is 0 Å². The summed E-state index contributed by atoms with van der Waals surface area (Å²) in [6.45, 7) is 0.581. The fraction of sp³-hybridized carbons (Fsp3) is 0.467. The molecule has 1 aromatic rings. The van der Waals surface area contributed by atoms with Crippen LogP contribution in [-0.2, 0) is 20.7 Å². The Labute approximate surface area is 123 Å². The molecule has 0 saturated carbocycles. The molecule has 2 amide bonds. The highest BCUT2D eigenvalue weighted by atomic mass is 16.5. The average Bonchev–Trinajstić information content (AvgIpc) is 3.01. The topological polar surface area (TPSA) is 90.7 Å². The van der Waals surface area contributed by atoms with Gasteiger partial charge in [0.2, 0.25) is 11.8 Å². The summed E-state index contributed by atoms with van der Waals surface area (Å²) in [5, 5.41) is 2.67. The number of primary amides is 1. The van der Waals surface area contributed by atoms with Crippen LogP contribution in [0.25, 0.3) is 0 Å². The van der Waals surface area contributed by atoms with Crippen molar-refractivity contribution in [2.75, 3.05) is 13.7 Å². The van der Waals surface area contributed by atoms with E-state index in [0.717, 1.165) is 17.7 Å². The zero-order chi connectivity index (χ0) is 15.2. The molecule has 0 spiro atoms. The smallest absolute Gasteiger partial charge is 0.249 e. The van der Waals surface area contributed by atoms with Crippen molar-refractivity contribution in [2.45, 2.75) is 31.4 Å². The third kappa shape index (κ3) is 4.19.